The van der Waals surface area contributed by atoms with E-state index in [9.17, 15) is 9.59 Å². The Morgan fingerprint density at radius 3 is 2.47 bits per heavy atom. The van der Waals surface area contributed by atoms with Crippen LogP contribution in [-0.2, 0) is 4.74 Å². The molecule has 0 spiro atoms. The van der Waals surface area contributed by atoms with Crippen LogP contribution in [0.3, 0.4) is 0 Å². The lowest BCUT2D eigenvalue weighted by Gasteiger charge is -2.08. The van der Waals surface area contributed by atoms with Gasteiger partial charge in [-0.2, -0.15) is 0 Å². The van der Waals surface area contributed by atoms with Gasteiger partial charge in [-0.15, -0.1) is 0 Å². The maximum Gasteiger partial charge on any atom is 0.341 e. The van der Waals surface area contributed by atoms with Crippen molar-refractivity contribution < 1.29 is 23.5 Å². The second kappa shape index (κ2) is 5.05. The standard InChI is InChI=1S/C13H11BrO5/c1-6(15)10-5-7-11(17-2)8(13(16)18-3)4-9(14)12(7)19-10/h4-5H,1-3H3. The van der Waals surface area contributed by atoms with Crippen molar-refractivity contribution in [1.29, 1.82) is 0 Å². The smallest absolute Gasteiger partial charge is 0.341 e. The van der Waals surface area contributed by atoms with Crippen LogP contribution in [0, 0.1) is 0 Å². The number of rotatable bonds is 3. The molecule has 1 aromatic carbocycles. The van der Waals surface area contributed by atoms with Crippen molar-refractivity contribution in [3.05, 3.63) is 27.9 Å². The van der Waals surface area contributed by atoms with Crippen molar-refractivity contribution in [3.8, 4) is 5.75 Å². The number of methoxy groups -OCH3 is 2. The lowest BCUT2D eigenvalue weighted by molar-refractivity contribution is 0.0597. The molecule has 2 aromatic rings. The monoisotopic (exact) mass is 326 g/mol. The lowest BCUT2D eigenvalue weighted by atomic mass is 10.1. The first-order valence-corrected chi connectivity index (χ1v) is 6.18. The molecule has 0 radical (unpaired) electrons. The van der Waals surface area contributed by atoms with Gasteiger partial charge in [0.1, 0.15) is 11.3 Å². The van der Waals surface area contributed by atoms with Gasteiger partial charge in [-0.05, 0) is 28.1 Å². The van der Waals surface area contributed by atoms with Crippen LogP contribution in [0.15, 0.2) is 21.0 Å². The first kappa shape index (κ1) is 13.6. The number of hydrogen-bond acceptors (Lipinski definition) is 5. The molecule has 0 atom stereocenters. The molecule has 6 heteroatoms. The minimum Gasteiger partial charge on any atom is -0.495 e. The van der Waals surface area contributed by atoms with E-state index in [0.717, 1.165) is 0 Å². The molecule has 0 amide bonds. The first-order valence-electron chi connectivity index (χ1n) is 5.38. The Bertz CT molecular complexity index is 671. The minimum atomic E-state index is -0.523. The Kier molecular flexibility index (Phi) is 3.61. The van der Waals surface area contributed by atoms with Gasteiger partial charge >= 0.3 is 5.97 Å². The van der Waals surface area contributed by atoms with Gasteiger partial charge in [0.25, 0.3) is 0 Å². The van der Waals surface area contributed by atoms with Crippen LogP contribution in [0.1, 0.15) is 27.8 Å². The molecule has 0 aliphatic carbocycles. The van der Waals surface area contributed by atoms with Crippen LogP contribution in [0.25, 0.3) is 11.0 Å². The van der Waals surface area contributed by atoms with Crippen molar-refractivity contribution in [1.82, 2.24) is 0 Å². The Labute approximate surface area is 117 Å². The number of carbonyl (C=O) groups is 2. The molecule has 19 heavy (non-hydrogen) atoms. The summed E-state index contributed by atoms with van der Waals surface area (Å²) >= 11 is 3.30. The van der Waals surface area contributed by atoms with Gasteiger partial charge in [-0.25, -0.2) is 4.79 Å². The fourth-order valence-corrected chi connectivity index (χ4v) is 2.32. The van der Waals surface area contributed by atoms with Crippen molar-refractivity contribution in [2.24, 2.45) is 0 Å². The topological polar surface area (TPSA) is 65.7 Å². The number of esters is 1. The first-order chi connectivity index (χ1) is 8.99. The average Bonchev–Trinajstić information content (AvgIpc) is 2.83. The molecule has 0 saturated heterocycles. The summed E-state index contributed by atoms with van der Waals surface area (Å²) in [6.07, 6.45) is 0. The van der Waals surface area contributed by atoms with E-state index >= 15 is 0 Å². The van der Waals surface area contributed by atoms with E-state index in [1.165, 1.54) is 21.1 Å². The Balaban J connectivity index is 2.81. The summed E-state index contributed by atoms with van der Waals surface area (Å²) in [5.41, 5.74) is 0.718. The predicted octanol–water partition coefficient (Wildman–Crippen LogP) is 3.19. The van der Waals surface area contributed by atoms with E-state index in [-0.39, 0.29) is 17.1 Å². The Hall–Kier alpha value is -1.82. The highest BCUT2D eigenvalue weighted by atomic mass is 79.9. The number of ketones is 1. The maximum absolute atomic E-state index is 11.7. The summed E-state index contributed by atoms with van der Waals surface area (Å²) in [4.78, 5) is 23.1. The summed E-state index contributed by atoms with van der Waals surface area (Å²) in [6, 6.07) is 3.09. The van der Waals surface area contributed by atoms with E-state index in [4.69, 9.17) is 13.9 Å². The third-order valence-electron chi connectivity index (χ3n) is 2.67. The fraction of sp³-hybridized carbons (Fsp3) is 0.231. The van der Waals surface area contributed by atoms with Gasteiger partial charge < -0.3 is 13.9 Å². The number of hydrogen-bond donors (Lipinski definition) is 0. The molecule has 0 saturated carbocycles. The molecule has 100 valence electrons. The largest absolute Gasteiger partial charge is 0.495 e. The summed E-state index contributed by atoms with van der Waals surface area (Å²) in [5.74, 6) is -0.202. The van der Waals surface area contributed by atoms with Crippen LogP contribution in [-0.4, -0.2) is 26.0 Å². The lowest BCUT2D eigenvalue weighted by Crippen LogP contribution is -2.04. The molecule has 0 aliphatic rings. The molecular formula is C13H11BrO5. The Morgan fingerprint density at radius 2 is 1.95 bits per heavy atom. The van der Waals surface area contributed by atoms with E-state index < -0.39 is 5.97 Å². The molecular weight excluding hydrogens is 316 g/mol. The van der Waals surface area contributed by atoms with Crippen LogP contribution in [0.4, 0.5) is 0 Å². The zero-order valence-electron chi connectivity index (χ0n) is 10.6. The number of fused-ring (bicyclic) bond motifs is 1. The van der Waals surface area contributed by atoms with Crippen LogP contribution >= 0.6 is 15.9 Å². The molecule has 1 heterocycles. The molecule has 0 bridgehead atoms. The minimum absolute atomic E-state index is 0.204. The zero-order chi connectivity index (χ0) is 14.2. The molecule has 5 nitrogen and oxygen atoms in total. The van der Waals surface area contributed by atoms with Gasteiger partial charge in [0.15, 0.2) is 17.1 Å². The van der Waals surface area contributed by atoms with E-state index in [2.05, 4.69) is 15.9 Å². The molecule has 0 aliphatic heterocycles. The van der Waals surface area contributed by atoms with Crippen molar-refractivity contribution in [2.45, 2.75) is 6.92 Å². The molecule has 0 N–H and O–H groups in total. The number of carbonyl (C=O) groups excluding carboxylic acids is 2. The average molecular weight is 327 g/mol. The number of benzene rings is 1. The van der Waals surface area contributed by atoms with Crippen molar-refractivity contribution in [2.75, 3.05) is 14.2 Å². The summed E-state index contributed by atoms with van der Waals surface area (Å²) in [6.45, 7) is 1.40. The third kappa shape index (κ3) is 2.23. The highest BCUT2D eigenvalue weighted by molar-refractivity contribution is 9.10. The quantitative estimate of drug-likeness (QED) is 0.640. The molecule has 0 unspecified atom stereocenters. The number of Topliss-reactive ketones (excluding diaryl/α,β-unsaturated/α-hetero) is 1. The van der Waals surface area contributed by atoms with Crippen molar-refractivity contribution >= 4 is 38.7 Å². The van der Waals surface area contributed by atoms with Crippen molar-refractivity contribution in [3.63, 3.8) is 0 Å². The van der Waals surface area contributed by atoms with Crippen LogP contribution in [0.5, 0.6) is 5.75 Å². The highest BCUT2D eigenvalue weighted by Gasteiger charge is 2.22. The van der Waals surface area contributed by atoms with Crippen LogP contribution < -0.4 is 4.74 Å². The summed E-state index contributed by atoms with van der Waals surface area (Å²) in [7, 11) is 2.73. The molecule has 0 fully saturated rings. The van der Waals surface area contributed by atoms with E-state index in [1.54, 1.807) is 12.1 Å². The highest BCUT2D eigenvalue weighted by Crippen LogP contribution is 2.37. The number of furan rings is 1. The SMILES string of the molecule is COC(=O)c1cc(Br)c2oc(C(C)=O)cc2c1OC. The molecule has 1 aromatic heterocycles. The van der Waals surface area contributed by atoms with Gasteiger partial charge in [0.05, 0.1) is 24.1 Å². The fourth-order valence-electron chi connectivity index (χ4n) is 1.79. The van der Waals surface area contributed by atoms with E-state index in [0.29, 0.717) is 21.2 Å². The van der Waals surface area contributed by atoms with Crippen LogP contribution in [0.2, 0.25) is 0 Å². The maximum atomic E-state index is 11.7. The van der Waals surface area contributed by atoms with Gasteiger partial charge in [-0.1, -0.05) is 0 Å². The Morgan fingerprint density at radius 1 is 1.26 bits per heavy atom. The summed E-state index contributed by atoms with van der Waals surface area (Å²) < 4.78 is 15.9. The normalized spacial score (nSPS) is 10.5. The van der Waals surface area contributed by atoms with E-state index in [1.807, 2.05) is 0 Å². The number of ether oxygens (including phenoxy) is 2. The summed E-state index contributed by atoms with van der Waals surface area (Å²) in [5, 5.41) is 0.544. The number of halogens is 1. The van der Waals surface area contributed by atoms with Gasteiger partial charge in [-0.3, -0.25) is 4.79 Å². The van der Waals surface area contributed by atoms with Gasteiger partial charge in [0.2, 0.25) is 0 Å². The van der Waals surface area contributed by atoms with Gasteiger partial charge in [0, 0.05) is 6.92 Å². The second-order valence-electron chi connectivity index (χ2n) is 3.84. The third-order valence-corrected chi connectivity index (χ3v) is 3.25. The molecule has 2 rings (SSSR count). The second-order valence-corrected chi connectivity index (χ2v) is 4.69. The zero-order valence-corrected chi connectivity index (χ0v) is 12.2. The predicted molar refractivity (Wildman–Crippen MR) is 71.8 cm³/mol.